The highest BCUT2D eigenvalue weighted by molar-refractivity contribution is 7.91. The molecule has 120 valence electrons. The van der Waals surface area contributed by atoms with Gasteiger partial charge in [0.1, 0.15) is 0 Å². The number of aryl methyl sites for hydroxylation is 2. The Hall–Kier alpha value is -1.89. The number of hydrogen-bond acceptors (Lipinski definition) is 5. The Labute approximate surface area is 129 Å². The highest BCUT2D eigenvalue weighted by Gasteiger charge is 2.29. The summed E-state index contributed by atoms with van der Waals surface area (Å²) in [6.45, 7) is 3.41. The van der Waals surface area contributed by atoms with Gasteiger partial charge in [-0.15, -0.1) is 0 Å². The van der Waals surface area contributed by atoms with Crippen molar-refractivity contribution in [1.29, 1.82) is 0 Å². The van der Waals surface area contributed by atoms with E-state index in [1.54, 1.807) is 12.1 Å². The zero-order valence-electron chi connectivity index (χ0n) is 12.6. The minimum absolute atomic E-state index is 0.0517. The van der Waals surface area contributed by atoms with Gasteiger partial charge < -0.3 is 10.1 Å². The number of rotatable bonds is 4. The van der Waals surface area contributed by atoms with Gasteiger partial charge in [0.15, 0.2) is 16.4 Å². The Bertz CT molecular complexity index is 696. The zero-order chi connectivity index (χ0) is 16.3. The normalized spacial score (nSPS) is 19.6. The van der Waals surface area contributed by atoms with Crippen LogP contribution in [0.2, 0.25) is 0 Å². The maximum Gasteiger partial charge on any atom is 0.338 e. The first-order valence-electron chi connectivity index (χ1n) is 7.01. The third-order valence-electron chi connectivity index (χ3n) is 3.67. The van der Waals surface area contributed by atoms with Gasteiger partial charge >= 0.3 is 5.97 Å². The average molecular weight is 325 g/mol. The second kappa shape index (κ2) is 6.48. The van der Waals surface area contributed by atoms with Crippen molar-refractivity contribution in [3.05, 3.63) is 34.9 Å². The molecule has 1 atom stereocenters. The van der Waals surface area contributed by atoms with Crippen molar-refractivity contribution in [2.45, 2.75) is 26.3 Å². The van der Waals surface area contributed by atoms with Crippen molar-refractivity contribution < 1.29 is 22.7 Å². The summed E-state index contributed by atoms with van der Waals surface area (Å²) < 4.78 is 27.5. The third kappa shape index (κ3) is 4.30. The number of amides is 1. The van der Waals surface area contributed by atoms with Crippen LogP contribution in [0.5, 0.6) is 0 Å². The molecule has 0 spiro atoms. The molecule has 1 amide bonds. The van der Waals surface area contributed by atoms with Crippen molar-refractivity contribution in [2.24, 2.45) is 0 Å². The number of carbonyl (C=O) groups is 2. The lowest BCUT2D eigenvalue weighted by molar-refractivity contribution is -0.124. The molecule has 1 aliphatic heterocycles. The van der Waals surface area contributed by atoms with Gasteiger partial charge in [0.05, 0.1) is 17.1 Å². The maximum atomic E-state index is 11.9. The number of esters is 1. The molecule has 7 heteroatoms. The largest absolute Gasteiger partial charge is 0.452 e. The van der Waals surface area contributed by atoms with Crippen molar-refractivity contribution in [2.75, 3.05) is 18.1 Å². The molecule has 1 unspecified atom stereocenters. The predicted octanol–water partition coefficient (Wildman–Crippen LogP) is 0.764. The first-order valence-corrected chi connectivity index (χ1v) is 8.83. The summed E-state index contributed by atoms with van der Waals surface area (Å²) >= 11 is 0. The van der Waals surface area contributed by atoms with Crippen LogP contribution in [0.4, 0.5) is 0 Å². The fourth-order valence-electron chi connectivity index (χ4n) is 2.26. The lowest BCUT2D eigenvalue weighted by atomic mass is 10.1. The van der Waals surface area contributed by atoms with E-state index in [4.69, 9.17) is 4.74 Å². The molecule has 0 saturated carbocycles. The van der Waals surface area contributed by atoms with Crippen LogP contribution in [0.25, 0.3) is 0 Å². The molecule has 0 radical (unpaired) electrons. The van der Waals surface area contributed by atoms with Crippen LogP contribution in [0.3, 0.4) is 0 Å². The molecule has 1 fully saturated rings. The average Bonchev–Trinajstić information content (AvgIpc) is 2.78. The molecule has 1 aromatic carbocycles. The second-order valence-electron chi connectivity index (χ2n) is 5.54. The van der Waals surface area contributed by atoms with Gasteiger partial charge in [-0.25, -0.2) is 13.2 Å². The molecule has 1 saturated heterocycles. The summed E-state index contributed by atoms with van der Waals surface area (Å²) in [6, 6.07) is 4.78. The van der Waals surface area contributed by atoms with Gasteiger partial charge in [-0.1, -0.05) is 6.07 Å². The van der Waals surface area contributed by atoms with Crippen LogP contribution in [0.15, 0.2) is 18.2 Å². The van der Waals surface area contributed by atoms with Crippen LogP contribution in [-0.4, -0.2) is 44.4 Å². The molecule has 1 aromatic rings. The minimum Gasteiger partial charge on any atom is -0.452 e. The SMILES string of the molecule is Cc1ccc(C(=O)OCC(=O)NC2CCS(=O)(=O)C2)cc1C. The molecule has 1 aliphatic rings. The van der Waals surface area contributed by atoms with E-state index in [9.17, 15) is 18.0 Å². The van der Waals surface area contributed by atoms with Crippen molar-refractivity contribution in [3.8, 4) is 0 Å². The number of ether oxygens (including phenoxy) is 1. The predicted molar refractivity (Wildman–Crippen MR) is 81.4 cm³/mol. The van der Waals surface area contributed by atoms with Crippen molar-refractivity contribution >= 4 is 21.7 Å². The second-order valence-corrected chi connectivity index (χ2v) is 7.77. The fourth-order valence-corrected chi connectivity index (χ4v) is 3.93. The number of nitrogens with one attached hydrogen (secondary N) is 1. The minimum atomic E-state index is -3.05. The Kier molecular flexibility index (Phi) is 4.85. The van der Waals surface area contributed by atoms with Crippen LogP contribution < -0.4 is 5.32 Å². The Morgan fingerprint density at radius 3 is 2.59 bits per heavy atom. The summed E-state index contributed by atoms with van der Waals surface area (Å²) in [7, 11) is -3.05. The van der Waals surface area contributed by atoms with E-state index in [0.717, 1.165) is 11.1 Å². The summed E-state index contributed by atoms with van der Waals surface area (Å²) in [5, 5.41) is 2.57. The third-order valence-corrected chi connectivity index (χ3v) is 5.44. The molecule has 0 bridgehead atoms. The number of hydrogen-bond donors (Lipinski definition) is 1. The zero-order valence-corrected chi connectivity index (χ0v) is 13.4. The molecule has 22 heavy (non-hydrogen) atoms. The Morgan fingerprint density at radius 1 is 1.27 bits per heavy atom. The van der Waals surface area contributed by atoms with E-state index >= 15 is 0 Å². The summed E-state index contributed by atoms with van der Waals surface area (Å²) in [6.07, 6.45) is 0.402. The van der Waals surface area contributed by atoms with E-state index in [-0.39, 0.29) is 11.5 Å². The molecule has 1 heterocycles. The van der Waals surface area contributed by atoms with Gasteiger partial charge in [0, 0.05) is 6.04 Å². The first kappa shape index (κ1) is 16.5. The molecule has 0 aliphatic carbocycles. The summed E-state index contributed by atoms with van der Waals surface area (Å²) in [5.74, 6) is -1.03. The van der Waals surface area contributed by atoms with E-state index < -0.39 is 34.4 Å². The van der Waals surface area contributed by atoms with Gasteiger partial charge in [-0.3, -0.25) is 4.79 Å². The number of benzene rings is 1. The smallest absolute Gasteiger partial charge is 0.338 e. The van der Waals surface area contributed by atoms with Gasteiger partial charge in [-0.2, -0.15) is 0 Å². The van der Waals surface area contributed by atoms with E-state index in [0.29, 0.717) is 12.0 Å². The van der Waals surface area contributed by atoms with Gasteiger partial charge in [0.25, 0.3) is 5.91 Å². The van der Waals surface area contributed by atoms with E-state index in [1.807, 2.05) is 19.9 Å². The van der Waals surface area contributed by atoms with Crippen molar-refractivity contribution in [1.82, 2.24) is 5.32 Å². The first-order chi connectivity index (χ1) is 10.3. The fraction of sp³-hybridized carbons (Fsp3) is 0.467. The monoisotopic (exact) mass is 325 g/mol. The highest BCUT2D eigenvalue weighted by atomic mass is 32.2. The molecule has 0 aromatic heterocycles. The topological polar surface area (TPSA) is 89.5 Å². The quantitative estimate of drug-likeness (QED) is 0.826. The highest BCUT2D eigenvalue weighted by Crippen LogP contribution is 2.12. The van der Waals surface area contributed by atoms with E-state index in [2.05, 4.69) is 5.32 Å². The maximum absolute atomic E-state index is 11.9. The van der Waals surface area contributed by atoms with E-state index in [1.165, 1.54) is 0 Å². The van der Waals surface area contributed by atoms with Crippen LogP contribution >= 0.6 is 0 Å². The van der Waals surface area contributed by atoms with Crippen LogP contribution in [0, 0.1) is 13.8 Å². The molecular weight excluding hydrogens is 306 g/mol. The lowest BCUT2D eigenvalue weighted by Crippen LogP contribution is -2.38. The Balaban J connectivity index is 1.83. The summed E-state index contributed by atoms with van der Waals surface area (Å²) in [4.78, 5) is 23.5. The Morgan fingerprint density at radius 2 is 2.00 bits per heavy atom. The van der Waals surface area contributed by atoms with Gasteiger partial charge in [0.2, 0.25) is 0 Å². The van der Waals surface area contributed by atoms with Crippen LogP contribution in [-0.2, 0) is 19.4 Å². The number of carbonyl (C=O) groups excluding carboxylic acids is 2. The molecule has 2 rings (SSSR count). The molecule has 6 nitrogen and oxygen atoms in total. The molecular formula is C15H19NO5S. The standard InChI is InChI=1S/C15H19NO5S/c1-10-3-4-12(7-11(10)2)15(18)21-8-14(17)16-13-5-6-22(19,20)9-13/h3-4,7,13H,5-6,8-9H2,1-2H3,(H,16,17). The lowest BCUT2D eigenvalue weighted by Gasteiger charge is -2.11. The molecule has 1 N–H and O–H groups in total. The summed E-state index contributed by atoms with van der Waals surface area (Å²) in [5.41, 5.74) is 2.42. The van der Waals surface area contributed by atoms with Crippen LogP contribution in [0.1, 0.15) is 27.9 Å². The van der Waals surface area contributed by atoms with Crippen molar-refractivity contribution in [3.63, 3.8) is 0 Å². The van der Waals surface area contributed by atoms with Gasteiger partial charge in [-0.05, 0) is 43.5 Å². The number of sulfone groups is 1.